The summed E-state index contributed by atoms with van der Waals surface area (Å²) in [5.41, 5.74) is -0.136. The third-order valence-electron chi connectivity index (χ3n) is 10.9. The van der Waals surface area contributed by atoms with E-state index in [1.54, 1.807) is 25.1 Å². The SMILES string of the molecule is COc1cc(C(=O)C[C@@H](C)C(=O)c2ccc(OC)c(-c3ccc(F)c(C(F)(F)F)c3)n2)ccc1OCCO.COc1cc(C(=O)C[C@H](C)C(=O)c2ccc(OC)c(-c3ccc(F)c(Cl)c3)n2)ccc1OCCO. The summed E-state index contributed by atoms with van der Waals surface area (Å²) in [6.07, 6.45) is -5.16. The fraction of sp³-hybridized carbons (Fsp3) is 0.283. The topological polar surface area (TPSA) is 190 Å². The van der Waals surface area contributed by atoms with E-state index in [4.69, 9.17) is 50.2 Å². The Morgan fingerprint density at radius 1 is 0.548 bits per heavy atom. The number of carbonyl (C=O) groups is 4. The van der Waals surface area contributed by atoms with E-state index in [1.807, 2.05) is 0 Å². The number of Topliss-reactive ketones (excluding diaryl/α,β-unsaturated/α-hetero) is 4. The number of hydrogen-bond donors (Lipinski definition) is 2. The number of ketones is 4. The Bertz CT molecular complexity index is 2950. The smallest absolute Gasteiger partial charge is 0.419 e. The molecule has 73 heavy (non-hydrogen) atoms. The number of methoxy groups -OCH3 is 4. The minimum atomic E-state index is -4.93. The first-order chi connectivity index (χ1) is 34.8. The van der Waals surface area contributed by atoms with Crippen molar-refractivity contribution in [1.82, 2.24) is 9.97 Å². The van der Waals surface area contributed by atoms with Crippen LogP contribution in [0.15, 0.2) is 97.1 Å². The van der Waals surface area contributed by atoms with E-state index in [0.29, 0.717) is 52.0 Å². The summed E-state index contributed by atoms with van der Waals surface area (Å²) in [5, 5.41) is 17.8. The second-order valence-corrected chi connectivity index (χ2v) is 16.4. The van der Waals surface area contributed by atoms with E-state index >= 15 is 0 Å². The van der Waals surface area contributed by atoms with Gasteiger partial charge in [-0.1, -0.05) is 25.4 Å². The monoisotopic (exact) mass is 1040 g/mol. The van der Waals surface area contributed by atoms with Crippen LogP contribution in [-0.4, -0.2) is 98.2 Å². The molecule has 2 atom stereocenters. The lowest BCUT2D eigenvalue weighted by atomic mass is 9.94. The maximum Gasteiger partial charge on any atom is 0.419 e. The molecule has 20 heteroatoms. The molecule has 0 saturated heterocycles. The third kappa shape index (κ3) is 14.4. The van der Waals surface area contributed by atoms with Gasteiger partial charge < -0.3 is 38.6 Å². The molecule has 0 unspecified atom stereocenters. The van der Waals surface area contributed by atoms with Crippen LogP contribution in [0.4, 0.5) is 22.0 Å². The van der Waals surface area contributed by atoms with Crippen molar-refractivity contribution in [3.8, 4) is 57.0 Å². The van der Waals surface area contributed by atoms with E-state index < -0.39 is 41.0 Å². The van der Waals surface area contributed by atoms with Crippen molar-refractivity contribution in [2.24, 2.45) is 11.8 Å². The molecule has 14 nitrogen and oxygen atoms in total. The Kier molecular flexibility index (Phi) is 19.9. The van der Waals surface area contributed by atoms with Crippen LogP contribution in [0, 0.1) is 23.5 Å². The van der Waals surface area contributed by atoms with Crippen LogP contribution >= 0.6 is 11.6 Å². The lowest BCUT2D eigenvalue weighted by molar-refractivity contribution is -0.139. The van der Waals surface area contributed by atoms with Crippen LogP contribution in [0.5, 0.6) is 34.5 Å². The first kappa shape index (κ1) is 56.4. The van der Waals surface area contributed by atoms with Crippen LogP contribution in [0.2, 0.25) is 5.02 Å². The number of ether oxygens (including phenoxy) is 6. The van der Waals surface area contributed by atoms with Crippen molar-refractivity contribution in [2.45, 2.75) is 32.9 Å². The van der Waals surface area contributed by atoms with Crippen molar-refractivity contribution in [3.05, 3.63) is 142 Å². The fourth-order valence-electron chi connectivity index (χ4n) is 7.16. The van der Waals surface area contributed by atoms with E-state index in [9.17, 15) is 41.1 Å². The molecule has 2 aromatic heterocycles. The van der Waals surface area contributed by atoms with Gasteiger partial charge in [0, 0.05) is 46.9 Å². The highest BCUT2D eigenvalue weighted by Crippen LogP contribution is 2.38. The van der Waals surface area contributed by atoms with Gasteiger partial charge in [-0.05, 0) is 97.1 Å². The molecule has 0 aliphatic heterocycles. The van der Waals surface area contributed by atoms with E-state index in [2.05, 4.69) is 9.97 Å². The van der Waals surface area contributed by atoms with E-state index in [1.165, 1.54) is 96.0 Å². The zero-order valence-corrected chi connectivity index (χ0v) is 41.0. The van der Waals surface area contributed by atoms with Crippen molar-refractivity contribution < 1.29 is 79.8 Å². The molecule has 4 aromatic carbocycles. The maximum absolute atomic E-state index is 13.8. The lowest BCUT2D eigenvalue weighted by Gasteiger charge is -2.15. The van der Waals surface area contributed by atoms with Crippen molar-refractivity contribution in [2.75, 3.05) is 54.9 Å². The number of aromatic nitrogens is 2. The molecule has 386 valence electrons. The number of aliphatic hydroxyl groups is 2. The summed E-state index contributed by atoms with van der Waals surface area (Å²) in [7, 11) is 5.59. The molecule has 6 rings (SSSR count). The molecule has 0 amide bonds. The molecule has 0 fully saturated rings. The van der Waals surface area contributed by atoms with Crippen molar-refractivity contribution in [3.63, 3.8) is 0 Å². The summed E-state index contributed by atoms with van der Waals surface area (Å²) in [6.45, 7) is 2.96. The number of aliphatic hydroxyl groups excluding tert-OH is 2. The molecule has 2 N–H and O–H groups in total. The van der Waals surface area contributed by atoms with Gasteiger partial charge in [-0.2, -0.15) is 13.2 Å². The van der Waals surface area contributed by atoms with E-state index in [-0.39, 0.29) is 101 Å². The Morgan fingerprint density at radius 2 is 0.945 bits per heavy atom. The molecule has 0 aliphatic carbocycles. The van der Waals surface area contributed by atoms with Crippen molar-refractivity contribution in [1.29, 1.82) is 0 Å². The first-order valence-electron chi connectivity index (χ1n) is 22.2. The molecule has 0 spiro atoms. The average Bonchev–Trinajstić information content (AvgIpc) is 3.39. The molecule has 2 heterocycles. The largest absolute Gasteiger partial charge is 0.494 e. The zero-order chi connectivity index (χ0) is 53.6. The summed E-state index contributed by atoms with van der Waals surface area (Å²) < 4.78 is 98.8. The number of hydrogen-bond acceptors (Lipinski definition) is 14. The van der Waals surface area contributed by atoms with Gasteiger partial charge in [0.1, 0.15) is 59.1 Å². The minimum Gasteiger partial charge on any atom is -0.494 e. The number of rotatable bonds is 22. The lowest BCUT2D eigenvalue weighted by Crippen LogP contribution is -2.17. The van der Waals surface area contributed by atoms with Gasteiger partial charge in [0.05, 0.1) is 52.2 Å². The third-order valence-corrected chi connectivity index (χ3v) is 11.2. The highest BCUT2D eigenvalue weighted by atomic mass is 35.5. The summed E-state index contributed by atoms with van der Waals surface area (Å²) in [5.74, 6) is -3.12. The van der Waals surface area contributed by atoms with Gasteiger partial charge in [0.25, 0.3) is 0 Å². The Morgan fingerprint density at radius 3 is 1.33 bits per heavy atom. The Balaban J connectivity index is 0.000000272. The highest BCUT2D eigenvalue weighted by Gasteiger charge is 2.35. The Hall–Kier alpha value is -7.48. The number of nitrogens with zero attached hydrogens (tertiary/aromatic N) is 2. The van der Waals surface area contributed by atoms with Gasteiger partial charge >= 0.3 is 6.18 Å². The van der Waals surface area contributed by atoms with Gasteiger partial charge in [0.15, 0.2) is 46.1 Å². The summed E-state index contributed by atoms with van der Waals surface area (Å²) >= 11 is 5.91. The van der Waals surface area contributed by atoms with Crippen LogP contribution in [0.25, 0.3) is 22.5 Å². The summed E-state index contributed by atoms with van der Waals surface area (Å²) in [6, 6.07) is 21.5. The molecular formula is C53H50ClF5N2O12. The highest BCUT2D eigenvalue weighted by molar-refractivity contribution is 6.31. The molecular weight excluding hydrogens is 987 g/mol. The number of benzene rings is 4. The second-order valence-electron chi connectivity index (χ2n) is 16.0. The summed E-state index contributed by atoms with van der Waals surface area (Å²) in [4.78, 5) is 60.6. The molecule has 0 saturated carbocycles. The quantitative estimate of drug-likeness (QED) is 0.0482. The number of alkyl halides is 3. The Labute approximate surface area is 421 Å². The fourth-order valence-corrected chi connectivity index (χ4v) is 7.34. The normalized spacial score (nSPS) is 11.9. The molecule has 6 aromatic rings. The maximum atomic E-state index is 13.8. The molecule has 0 aliphatic rings. The predicted octanol–water partition coefficient (Wildman–Crippen LogP) is 10.4. The van der Waals surface area contributed by atoms with E-state index in [0.717, 1.165) is 6.07 Å². The van der Waals surface area contributed by atoms with Crippen LogP contribution in [0.3, 0.4) is 0 Å². The average molecular weight is 1040 g/mol. The zero-order valence-electron chi connectivity index (χ0n) is 40.3. The molecule has 0 bridgehead atoms. The van der Waals surface area contributed by atoms with Gasteiger partial charge in [0.2, 0.25) is 0 Å². The minimum absolute atomic E-state index is 0.0431. The molecule has 0 radical (unpaired) electrons. The van der Waals surface area contributed by atoms with Crippen LogP contribution in [0.1, 0.15) is 73.9 Å². The predicted molar refractivity (Wildman–Crippen MR) is 258 cm³/mol. The standard InChI is InChI=1S/C27H25F4NO6.C26H25ClFNO6/c1-15(12-21(34)16-5-8-22(38-11-10-33)24(14-16)37-3)26(35)20-7-9-23(36-2)25(32-20)17-4-6-19(28)18(13-17)27(29,30)31;1-15(12-21(31)16-5-8-22(35-11-10-30)24(14-16)34-3)26(32)20-7-9-23(33-2)25(29-20)17-4-6-19(28)18(27)13-17/h4-9,13-15,33H,10-12H2,1-3H3;4-9,13-15,30H,10-12H2,1-3H3/t2*15-/m10/s1. The first-order valence-corrected chi connectivity index (χ1v) is 22.6. The van der Waals surface area contributed by atoms with Gasteiger partial charge in [-0.15, -0.1) is 0 Å². The number of pyridine rings is 2. The second kappa shape index (κ2) is 25.8. The van der Waals surface area contributed by atoms with Crippen molar-refractivity contribution >= 4 is 34.7 Å². The van der Waals surface area contributed by atoms with Gasteiger partial charge in [-0.25, -0.2) is 18.7 Å². The number of halogens is 6. The number of carbonyl (C=O) groups excluding carboxylic acids is 4. The van der Waals surface area contributed by atoms with Gasteiger partial charge in [-0.3, -0.25) is 19.2 Å². The van der Waals surface area contributed by atoms with Crippen LogP contribution in [-0.2, 0) is 6.18 Å². The van der Waals surface area contributed by atoms with Crippen LogP contribution < -0.4 is 28.4 Å².